The summed E-state index contributed by atoms with van der Waals surface area (Å²) in [5, 5.41) is 8.21. The molecule has 0 bridgehead atoms. The molecule has 0 radical (unpaired) electrons. The molecule has 20 heteroatoms. The number of nitrogens with zero attached hydrogens (tertiary/aromatic N) is 16. The fraction of sp³-hybridized carbons (Fsp3) is 0.143. The predicted molar refractivity (Wildman–Crippen MR) is 445 cm³/mol. The number of furan rings is 4. The van der Waals surface area contributed by atoms with Gasteiger partial charge in [0.25, 0.3) is 0 Å². The number of rotatable bonds is 7. The van der Waals surface area contributed by atoms with Crippen molar-refractivity contribution in [3.63, 3.8) is 0 Å². The van der Waals surface area contributed by atoms with E-state index >= 15 is 0 Å². The van der Waals surface area contributed by atoms with Gasteiger partial charge in [0.1, 0.15) is 24.7 Å². The van der Waals surface area contributed by atoms with Crippen LogP contribution in [0.25, 0.3) is 88.3 Å². The van der Waals surface area contributed by atoms with Crippen LogP contribution in [0.5, 0.6) is 0 Å². The maximum absolute atomic E-state index is 7.66. The zero-order chi connectivity index (χ0) is 77.8. The molecule has 0 saturated heterocycles. The van der Waals surface area contributed by atoms with Crippen molar-refractivity contribution >= 4 is 163 Å². The number of fused-ring (bicyclic) bond motifs is 15. The van der Waals surface area contributed by atoms with Crippen LogP contribution < -0.4 is 34.3 Å². The summed E-state index contributed by atoms with van der Waals surface area (Å²) in [7, 11) is 0. The average molecular weight is 1460 g/mol. The van der Waals surface area contributed by atoms with E-state index in [0.29, 0.717) is 22.9 Å². The number of para-hydroxylation sites is 3. The van der Waals surface area contributed by atoms with Gasteiger partial charge in [0, 0.05) is 133 Å². The average Bonchev–Trinajstić information content (AvgIpc) is 1.58. The van der Waals surface area contributed by atoms with E-state index in [1.165, 1.54) is 4.90 Å². The quantitative estimate of drug-likeness (QED) is 0.147. The standard InChI is InChI=1S/2C25H20N4O.C24H19N5O.C17H17N3O/c1-16-12-13-19-20-10-6-15-27-25(20)30-23(19)22(16)29-17(2)28(18-8-4-3-5-9-18)24-21(29)11-7-14-26-24;1-16-12-13-19-20-10-6-15-27-25(20)30-23(19)22(16)29-17(2)28(18-8-4-3-5-9-18)21-11-7-14-26-24(21)29;1-15-10-11-18-19-9-6-12-27-24(19)30-21(18)20(15)29-16(2)28(17-7-4-3-5-8-17)22-23(29)26-14-13-25-22;1-11-6-7-13-14-5-4-8-18-17(14)21-16(13)15(11)20-10-9-19(3)12(20)2/h2*3-15,17H,1-2H3;3-14,16H,1-2H3;4-10,12H,1-3H3/i;;;3D3. The summed E-state index contributed by atoms with van der Waals surface area (Å²) in [6, 6.07) is 72.1. The molecule has 20 nitrogen and oxygen atoms in total. The lowest BCUT2D eigenvalue weighted by Gasteiger charge is -2.30. The Labute approximate surface area is 643 Å². The van der Waals surface area contributed by atoms with Crippen LogP contribution >= 0.6 is 0 Å². The van der Waals surface area contributed by atoms with Crippen LogP contribution in [-0.4, -0.2) is 76.4 Å². The molecule has 4 aliphatic heterocycles. The van der Waals surface area contributed by atoms with Gasteiger partial charge in [0.2, 0.25) is 22.9 Å². The van der Waals surface area contributed by atoms with Gasteiger partial charge in [0.05, 0.1) is 34.1 Å². The summed E-state index contributed by atoms with van der Waals surface area (Å²) >= 11 is 0. The number of anilines is 13. The molecular formula is C91H76N16O4. The zero-order valence-electron chi connectivity index (χ0n) is 65.1. The Balaban J connectivity index is 0.000000102. The van der Waals surface area contributed by atoms with Gasteiger partial charge in [-0.15, -0.1) is 0 Å². The highest BCUT2D eigenvalue weighted by Gasteiger charge is 2.42. The Kier molecular flexibility index (Phi) is 15.7. The minimum Gasteiger partial charge on any atom is -0.435 e. The van der Waals surface area contributed by atoms with Crippen molar-refractivity contribution < 1.29 is 21.8 Å². The highest BCUT2D eigenvalue weighted by molar-refractivity contribution is 6.13. The summed E-state index contributed by atoms with van der Waals surface area (Å²) in [5.41, 5.74) is 19.7. The molecule has 0 aliphatic carbocycles. The Morgan fingerprint density at radius 3 is 1.01 bits per heavy atom. The Hall–Kier alpha value is -14.1. The first-order valence-electron chi connectivity index (χ1n) is 38.5. The van der Waals surface area contributed by atoms with Gasteiger partial charge < -0.3 is 47.1 Å². The number of aryl methyl sites for hydroxylation is 4. The molecule has 0 saturated carbocycles. The summed E-state index contributed by atoms with van der Waals surface area (Å²) in [4.78, 5) is 53.4. The first-order chi connectivity index (χ1) is 55.6. The first-order valence-corrected chi connectivity index (χ1v) is 37.0. The second-order valence-corrected chi connectivity index (χ2v) is 28.0. The Morgan fingerprint density at radius 2 is 0.586 bits per heavy atom. The Morgan fingerprint density at radius 1 is 0.270 bits per heavy atom. The van der Waals surface area contributed by atoms with Crippen molar-refractivity contribution in [3.8, 4) is 0 Å². The van der Waals surface area contributed by atoms with E-state index in [1.807, 2.05) is 122 Å². The summed E-state index contributed by atoms with van der Waals surface area (Å²) in [6.07, 6.45) is 17.3. The van der Waals surface area contributed by atoms with Crippen molar-refractivity contribution in [1.82, 2.24) is 44.8 Å². The molecule has 15 heterocycles. The molecule has 4 aliphatic rings. The van der Waals surface area contributed by atoms with Crippen LogP contribution in [0.3, 0.4) is 0 Å². The van der Waals surface area contributed by atoms with E-state index in [2.05, 4.69) is 217 Å². The number of pyridine rings is 6. The van der Waals surface area contributed by atoms with Crippen LogP contribution in [0, 0.1) is 27.7 Å². The SMILES string of the molecule is Cc1ccc2c(oc3ncccc32)c1N1c2cccnc2N(c2ccccc2)C1C.Cc1ccc2c(oc3ncccc32)c1N1c2ncccc2N(c2ccccc2)C1C.Cc1ccc2c(oc3ncccc32)c1N1c2nccnc2N(c2ccccc2)C1C.[2H]C([2H])([2H])N1C=CN(c2c(C)ccc3c2oc2ncccc23)C1C. The molecule has 11 aromatic heterocycles. The highest BCUT2D eigenvalue weighted by atomic mass is 16.4. The highest BCUT2D eigenvalue weighted by Crippen LogP contribution is 2.54. The molecule has 22 rings (SSSR count). The maximum Gasteiger partial charge on any atom is 0.227 e. The summed E-state index contributed by atoms with van der Waals surface area (Å²) in [5.74, 6) is 3.53. The van der Waals surface area contributed by atoms with E-state index in [0.717, 1.165) is 162 Å². The largest absolute Gasteiger partial charge is 0.435 e. The van der Waals surface area contributed by atoms with Gasteiger partial charge in [0.15, 0.2) is 45.6 Å². The molecule has 18 aromatic rings. The third kappa shape index (κ3) is 11.1. The number of benzene rings is 7. The molecule has 0 fully saturated rings. The van der Waals surface area contributed by atoms with E-state index in [1.54, 1.807) is 49.6 Å². The molecule has 7 aromatic carbocycles. The summed E-state index contributed by atoms with van der Waals surface area (Å²) in [6.45, 7) is 14.6. The molecule has 0 N–H and O–H groups in total. The second kappa shape index (κ2) is 27.3. The van der Waals surface area contributed by atoms with Gasteiger partial charge in [-0.2, -0.15) is 0 Å². The molecular weight excluding hydrogens is 1380 g/mol. The van der Waals surface area contributed by atoms with Crippen molar-refractivity contribution in [3.05, 3.63) is 297 Å². The molecule has 4 unspecified atom stereocenters. The minimum atomic E-state index is -2.18. The number of aromatic nitrogens is 8. The van der Waals surface area contributed by atoms with Crippen molar-refractivity contribution in [2.24, 2.45) is 0 Å². The Bertz CT molecular complexity index is 6240. The lowest BCUT2D eigenvalue weighted by Crippen LogP contribution is -2.36. The zero-order valence-corrected chi connectivity index (χ0v) is 62.1. The third-order valence-electron chi connectivity index (χ3n) is 21.5. The van der Waals surface area contributed by atoms with Crippen LogP contribution in [0.2, 0.25) is 0 Å². The monoisotopic (exact) mass is 1460 g/mol. The normalized spacial score (nSPS) is 16.8. The fourth-order valence-electron chi connectivity index (χ4n) is 16.4. The number of hydrogen-bond donors (Lipinski definition) is 0. The van der Waals surface area contributed by atoms with Crippen molar-refractivity contribution in [1.29, 1.82) is 0 Å². The maximum atomic E-state index is 7.66. The van der Waals surface area contributed by atoms with Crippen LogP contribution in [0.15, 0.2) is 292 Å². The molecule has 0 amide bonds. The second-order valence-electron chi connectivity index (χ2n) is 28.0. The number of hydrogen-bond acceptors (Lipinski definition) is 20. The lowest BCUT2D eigenvalue weighted by atomic mass is 10.1. The van der Waals surface area contributed by atoms with E-state index in [4.69, 9.17) is 36.7 Å². The van der Waals surface area contributed by atoms with E-state index in [-0.39, 0.29) is 24.7 Å². The van der Waals surface area contributed by atoms with Gasteiger partial charge in [-0.3, -0.25) is 9.80 Å². The van der Waals surface area contributed by atoms with Crippen molar-refractivity contribution in [2.75, 3.05) is 41.3 Å². The van der Waals surface area contributed by atoms with Crippen molar-refractivity contribution in [2.45, 2.75) is 80.1 Å². The smallest absolute Gasteiger partial charge is 0.227 e. The first kappa shape index (κ1) is 64.1. The van der Waals surface area contributed by atoms with Gasteiger partial charge >= 0.3 is 0 Å². The molecule has 111 heavy (non-hydrogen) atoms. The fourth-order valence-corrected chi connectivity index (χ4v) is 16.4. The summed E-state index contributed by atoms with van der Waals surface area (Å²) < 4.78 is 47.8. The molecule has 0 spiro atoms. The predicted octanol–water partition coefficient (Wildman–Crippen LogP) is 22.2. The van der Waals surface area contributed by atoms with Gasteiger partial charge in [-0.25, -0.2) is 39.9 Å². The third-order valence-corrected chi connectivity index (χ3v) is 21.5. The van der Waals surface area contributed by atoms with Crippen LogP contribution in [0.4, 0.5) is 74.5 Å². The van der Waals surface area contributed by atoms with Gasteiger partial charge in [-0.05, 0) is 187 Å². The topological polar surface area (TPSA) is 182 Å². The van der Waals surface area contributed by atoms with Crippen LogP contribution in [-0.2, 0) is 0 Å². The molecule has 4 atom stereocenters. The minimum absolute atomic E-state index is 0.0303. The lowest BCUT2D eigenvalue weighted by molar-refractivity contribution is 0.383. The van der Waals surface area contributed by atoms with Gasteiger partial charge in [-0.1, -0.05) is 103 Å². The van der Waals surface area contributed by atoms with E-state index in [9.17, 15) is 0 Å². The molecule has 544 valence electrons. The van der Waals surface area contributed by atoms with E-state index < -0.39 is 6.98 Å². The van der Waals surface area contributed by atoms with Crippen LogP contribution in [0.1, 0.15) is 54.1 Å².